The minimum absolute atomic E-state index is 0.0127. The van der Waals surface area contributed by atoms with Crippen LogP contribution in [0.5, 0.6) is 0 Å². The molecule has 2 aromatic carbocycles. The molecule has 29 heavy (non-hydrogen) atoms. The molecule has 0 radical (unpaired) electrons. The number of para-hydroxylation sites is 1. The van der Waals surface area contributed by atoms with Gasteiger partial charge in [-0.05, 0) is 56.7 Å². The zero-order valence-corrected chi connectivity index (χ0v) is 17.9. The summed E-state index contributed by atoms with van der Waals surface area (Å²) in [4.78, 5) is 25.1. The van der Waals surface area contributed by atoms with Crippen molar-refractivity contribution in [1.82, 2.24) is 5.32 Å². The van der Waals surface area contributed by atoms with Crippen LogP contribution in [-0.4, -0.2) is 39.1 Å². The number of nitrogens with zero attached hydrogens (tertiary/aromatic N) is 1. The van der Waals surface area contributed by atoms with Crippen LogP contribution in [0, 0.1) is 0 Å². The molecule has 1 unspecified atom stereocenters. The summed E-state index contributed by atoms with van der Waals surface area (Å²) in [5, 5.41) is 5.64. The Bertz CT molecular complexity index is 972. The predicted octanol–water partition coefficient (Wildman–Crippen LogP) is 3.25. The maximum Gasteiger partial charge on any atom is 0.255 e. The average molecular weight is 418 g/mol. The molecule has 0 bridgehead atoms. The molecule has 0 aromatic heterocycles. The van der Waals surface area contributed by atoms with Gasteiger partial charge in [-0.2, -0.15) is 0 Å². The largest absolute Gasteiger partial charge is 0.350 e. The summed E-state index contributed by atoms with van der Waals surface area (Å²) in [7, 11) is -1.90. The summed E-state index contributed by atoms with van der Waals surface area (Å²) in [5.74, 6) is -0.653. The lowest BCUT2D eigenvalue weighted by Gasteiger charge is -2.18. The lowest BCUT2D eigenvalue weighted by molar-refractivity contribution is 0.0940. The molecule has 0 spiro atoms. The second kappa shape index (κ2) is 9.56. The molecule has 8 heteroatoms. The number of rotatable bonds is 8. The number of anilines is 2. The Morgan fingerprint density at radius 2 is 1.62 bits per heavy atom. The summed E-state index contributed by atoms with van der Waals surface area (Å²) in [6.45, 7) is 5.46. The van der Waals surface area contributed by atoms with E-state index in [2.05, 4.69) is 10.6 Å². The number of carbonyl (C=O) groups is 2. The third-order valence-electron chi connectivity index (χ3n) is 4.68. The van der Waals surface area contributed by atoms with Gasteiger partial charge in [0.05, 0.1) is 22.7 Å². The zero-order chi connectivity index (χ0) is 21.6. The second-order valence-electron chi connectivity index (χ2n) is 6.70. The van der Waals surface area contributed by atoms with Crippen molar-refractivity contribution in [2.45, 2.75) is 33.2 Å². The molecule has 0 aliphatic rings. The van der Waals surface area contributed by atoms with Crippen LogP contribution in [0.4, 0.5) is 11.4 Å². The lowest BCUT2D eigenvalue weighted by atomic mass is 10.1. The van der Waals surface area contributed by atoms with Crippen LogP contribution in [-0.2, 0) is 10.0 Å². The summed E-state index contributed by atoms with van der Waals surface area (Å²) in [6.07, 6.45) is 0.800. The first-order valence-electron chi connectivity index (χ1n) is 9.47. The molecule has 7 nitrogen and oxygen atoms in total. The highest BCUT2D eigenvalue weighted by Gasteiger charge is 2.18. The number of hydrogen-bond acceptors (Lipinski definition) is 4. The SMILES string of the molecule is CCC(C)NC(=O)c1ccccc1NC(=O)c1ccc(N(C)S(=O)(=O)CC)cc1. The summed E-state index contributed by atoms with van der Waals surface area (Å²) in [5.41, 5.74) is 1.62. The van der Waals surface area contributed by atoms with Gasteiger partial charge in [0, 0.05) is 18.7 Å². The average Bonchev–Trinajstić information content (AvgIpc) is 2.73. The van der Waals surface area contributed by atoms with E-state index in [4.69, 9.17) is 0 Å². The highest BCUT2D eigenvalue weighted by Crippen LogP contribution is 2.20. The van der Waals surface area contributed by atoms with Crippen LogP contribution in [0.15, 0.2) is 48.5 Å². The fraction of sp³-hybridized carbons (Fsp3) is 0.333. The monoisotopic (exact) mass is 417 g/mol. The maximum absolute atomic E-state index is 12.6. The van der Waals surface area contributed by atoms with Gasteiger partial charge in [0.2, 0.25) is 10.0 Å². The van der Waals surface area contributed by atoms with Gasteiger partial charge in [0.25, 0.3) is 11.8 Å². The maximum atomic E-state index is 12.6. The Morgan fingerprint density at radius 3 is 2.21 bits per heavy atom. The van der Waals surface area contributed by atoms with Crippen LogP contribution in [0.2, 0.25) is 0 Å². The molecule has 2 rings (SSSR count). The lowest BCUT2D eigenvalue weighted by Crippen LogP contribution is -2.32. The van der Waals surface area contributed by atoms with Crippen molar-refractivity contribution < 1.29 is 18.0 Å². The first-order valence-corrected chi connectivity index (χ1v) is 11.1. The van der Waals surface area contributed by atoms with Crippen molar-refractivity contribution >= 4 is 33.2 Å². The van der Waals surface area contributed by atoms with Crippen molar-refractivity contribution in [1.29, 1.82) is 0 Å². The molecular formula is C21H27N3O4S. The van der Waals surface area contributed by atoms with Gasteiger partial charge < -0.3 is 10.6 Å². The Balaban J connectivity index is 2.18. The van der Waals surface area contributed by atoms with E-state index in [1.165, 1.54) is 11.4 Å². The molecule has 0 saturated carbocycles. The Kier molecular flexibility index (Phi) is 7.39. The van der Waals surface area contributed by atoms with E-state index >= 15 is 0 Å². The molecule has 0 saturated heterocycles. The predicted molar refractivity (Wildman–Crippen MR) is 116 cm³/mol. The quantitative estimate of drug-likeness (QED) is 0.689. The van der Waals surface area contributed by atoms with Crippen LogP contribution in [0.3, 0.4) is 0 Å². The Labute approximate surface area is 172 Å². The van der Waals surface area contributed by atoms with E-state index in [0.29, 0.717) is 22.5 Å². The first-order chi connectivity index (χ1) is 13.7. The minimum atomic E-state index is -3.37. The van der Waals surface area contributed by atoms with E-state index in [1.54, 1.807) is 55.5 Å². The van der Waals surface area contributed by atoms with Gasteiger partial charge in [-0.15, -0.1) is 0 Å². The first kappa shape index (κ1) is 22.4. The molecule has 156 valence electrons. The highest BCUT2D eigenvalue weighted by molar-refractivity contribution is 7.92. The van der Waals surface area contributed by atoms with Crippen LogP contribution >= 0.6 is 0 Å². The van der Waals surface area contributed by atoms with Crippen molar-refractivity contribution in [3.05, 3.63) is 59.7 Å². The minimum Gasteiger partial charge on any atom is -0.350 e. The number of sulfonamides is 1. The molecule has 1 atom stereocenters. The van der Waals surface area contributed by atoms with E-state index in [0.717, 1.165) is 6.42 Å². The Morgan fingerprint density at radius 1 is 1.00 bits per heavy atom. The normalized spacial score (nSPS) is 12.1. The summed E-state index contributed by atoms with van der Waals surface area (Å²) < 4.78 is 25.1. The molecule has 0 fully saturated rings. The third-order valence-corrected chi connectivity index (χ3v) is 6.46. The van der Waals surface area contributed by atoms with Gasteiger partial charge in [0.15, 0.2) is 0 Å². The standard InChI is InChI=1S/C21H27N3O4S/c1-5-15(3)22-21(26)18-9-7-8-10-19(18)23-20(25)16-11-13-17(14-12-16)24(4)29(27,28)6-2/h7-15H,5-6H2,1-4H3,(H,22,26)(H,23,25). The molecule has 0 aliphatic carbocycles. The fourth-order valence-electron chi connectivity index (χ4n) is 2.57. The molecule has 2 aromatic rings. The van der Waals surface area contributed by atoms with Gasteiger partial charge in [-0.3, -0.25) is 13.9 Å². The number of hydrogen-bond donors (Lipinski definition) is 2. The molecule has 0 heterocycles. The molecule has 2 amide bonds. The summed E-state index contributed by atoms with van der Waals surface area (Å²) >= 11 is 0. The van der Waals surface area contributed by atoms with Gasteiger partial charge in [-0.1, -0.05) is 19.1 Å². The topological polar surface area (TPSA) is 95.6 Å². The fourth-order valence-corrected chi connectivity index (χ4v) is 3.40. The van der Waals surface area contributed by atoms with Gasteiger partial charge >= 0.3 is 0 Å². The van der Waals surface area contributed by atoms with Crippen LogP contribution in [0.25, 0.3) is 0 Å². The van der Waals surface area contributed by atoms with Crippen LogP contribution < -0.4 is 14.9 Å². The third kappa shape index (κ3) is 5.57. The van der Waals surface area contributed by atoms with E-state index in [9.17, 15) is 18.0 Å². The van der Waals surface area contributed by atoms with Crippen LogP contribution in [0.1, 0.15) is 47.9 Å². The number of amides is 2. The van der Waals surface area contributed by atoms with E-state index in [1.807, 2.05) is 13.8 Å². The molecule has 2 N–H and O–H groups in total. The zero-order valence-electron chi connectivity index (χ0n) is 17.1. The smallest absolute Gasteiger partial charge is 0.255 e. The van der Waals surface area contributed by atoms with Crippen molar-refractivity contribution in [2.24, 2.45) is 0 Å². The van der Waals surface area contributed by atoms with Crippen molar-refractivity contribution in [3.63, 3.8) is 0 Å². The van der Waals surface area contributed by atoms with E-state index in [-0.39, 0.29) is 23.6 Å². The highest BCUT2D eigenvalue weighted by atomic mass is 32.2. The number of carbonyl (C=O) groups excluding carboxylic acids is 2. The van der Waals surface area contributed by atoms with Gasteiger partial charge in [0.1, 0.15) is 0 Å². The summed E-state index contributed by atoms with van der Waals surface area (Å²) in [6, 6.07) is 13.1. The van der Waals surface area contributed by atoms with E-state index < -0.39 is 10.0 Å². The molecule has 0 aliphatic heterocycles. The number of benzene rings is 2. The molecular weight excluding hydrogens is 390 g/mol. The van der Waals surface area contributed by atoms with Crippen molar-refractivity contribution in [2.75, 3.05) is 22.4 Å². The Hall–Kier alpha value is -2.87. The van der Waals surface area contributed by atoms with Gasteiger partial charge in [-0.25, -0.2) is 8.42 Å². The number of nitrogens with one attached hydrogen (secondary N) is 2. The van der Waals surface area contributed by atoms with Crippen molar-refractivity contribution in [3.8, 4) is 0 Å². The second-order valence-corrected chi connectivity index (χ2v) is 8.99.